The molecule has 2 amide bonds. The van der Waals surface area contributed by atoms with E-state index in [1.54, 1.807) is 12.2 Å². The maximum absolute atomic E-state index is 14.2. The highest BCUT2D eigenvalue weighted by Crippen LogP contribution is 2.53. The maximum Gasteiger partial charge on any atom is 0.313 e. The third-order valence-electron chi connectivity index (χ3n) is 7.16. The van der Waals surface area contributed by atoms with Gasteiger partial charge in [0.25, 0.3) is 0 Å². The third kappa shape index (κ3) is 3.91. The minimum Gasteiger partial charge on any atom is -0.461 e. The normalized spacial score (nSPS) is 34.1. The molecule has 0 aromatic carbocycles. The van der Waals surface area contributed by atoms with Crippen molar-refractivity contribution in [2.24, 2.45) is 17.3 Å². The fourth-order valence-electron chi connectivity index (χ4n) is 6.39. The van der Waals surface area contributed by atoms with Gasteiger partial charge >= 0.3 is 5.97 Å². The number of rotatable bonds is 5. The van der Waals surface area contributed by atoms with Gasteiger partial charge in [-0.2, -0.15) is 0 Å². The molecule has 0 saturated carbocycles. The van der Waals surface area contributed by atoms with E-state index in [1.807, 2.05) is 30.9 Å². The van der Waals surface area contributed by atoms with Crippen LogP contribution < -0.4 is 0 Å². The van der Waals surface area contributed by atoms with Crippen LogP contribution >= 0.6 is 0 Å². The van der Waals surface area contributed by atoms with Crippen LogP contribution in [-0.4, -0.2) is 82.3 Å². The van der Waals surface area contributed by atoms with Gasteiger partial charge < -0.3 is 24.4 Å². The van der Waals surface area contributed by atoms with Crippen LogP contribution in [0.1, 0.15) is 47.5 Å². The van der Waals surface area contributed by atoms with Crippen molar-refractivity contribution < 1.29 is 29.0 Å². The number of fused-ring (bicyclic) bond motifs is 2. The second kappa shape index (κ2) is 8.24. The van der Waals surface area contributed by atoms with Crippen molar-refractivity contribution in [1.82, 2.24) is 9.80 Å². The summed E-state index contributed by atoms with van der Waals surface area (Å²) in [6.45, 7) is 11.2. The quantitative estimate of drug-likeness (QED) is 0.495. The summed E-state index contributed by atoms with van der Waals surface area (Å²) in [6.07, 6.45) is 7.72. The molecule has 1 N–H and O–H groups in total. The molecule has 0 bridgehead atoms. The molecule has 4 aliphatic heterocycles. The Morgan fingerprint density at radius 2 is 1.85 bits per heavy atom. The number of esters is 1. The first-order chi connectivity index (χ1) is 15.4. The lowest BCUT2D eigenvalue weighted by molar-refractivity contribution is -0.154. The van der Waals surface area contributed by atoms with E-state index in [2.05, 4.69) is 20.8 Å². The fraction of sp³-hybridized carbons (Fsp3) is 0.720. The molecule has 33 heavy (non-hydrogen) atoms. The first-order valence-electron chi connectivity index (χ1n) is 11.8. The smallest absolute Gasteiger partial charge is 0.313 e. The van der Waals surface area contributed by atoms with Crippen molar-refractivity contribution in [3.8, 4) is 0 Å². The standard InChI is InChI=1S/C25H36N2O6/c1-23(2,3)15-24(4,5)27-12-7-10-25-18(17-16(33-25)9-6-14-32-22(17)31)20(29)26(11-8-13-28)19(25)21(27)30/h6-7,9-10,16-19,28H,8,11-15H2,1-5H3/t16-,17+,18-,19?,25-/m0/s1. The van der Waals surface area contributed by atoms with Crippen molar-refractivity contribution in [2.75, 3.05) is 26.3 Å². The largest absolute Gasteiger partial charge is 0.461 e. The molecule has 8 nitrogen and oxygen atoms in total. The Hall–Kier alpha value is -2.19. The minimum absolute atomic E-state index is 0.00625. The van der Waals surface area contributed by atoms with Crippen molar-refractivity contribution in [3.63, 3.8) is 0 Å². The Kier molecular flexibility index (Phi) is 5.98. The SMILES string of the molecule is CC(C)(C)CC(C)(C)N1CC=C[C@]23O[C@H]4C=CCOC(=O)[C@H]4[C@H]2C(=O)N(CCCO)C3C1=O. The second-order valence-electron chi connectivity index (χ2n) is 11.4. The average Bonchev–Trinajstić information content (AvgIpc) is 2.98. The Morgan fingerprint density at radius 3 is 2.52 bits per heavy atom. The Balaban J connectivity index is 1.79. The number of likely N-dealkylation sites (tertiary alicyclic amines) is 1. The Bertz CT molecular complexity index is 888. The number of nitrogens with zero attached hydrogens (tertiary/aromatic N) is 2. The number of amides is 2. The van der Waals surface area contributed by atoms with E-state index < -0.39 is 41.1 Å². The predicted molar refractivity (Wildman–Crippen MR) is 121 cm³/mol. The van der Waals surface area contributed by atoms with Crippen LogP contribution in [0, 0.1) is 17.3 Å². The lowest BCUT2D eigenvalue weighted by atomic mass is 9.77. The van der Waals surface area contributed by atoms with E-state index in [0.29, 0.717) is 13.0 Å². The maximum atomic E-state index is 14.2. The number of hydrogen-bond acceptors (Lipinski definition) is 6. The second-order valence-corrected chi connectivity index (χ2v) is 11.4. The van der Waals surface area contributed by atoms with Crippen molar-refractivity contribution in [3.05, 3.63) is 24.3 Å². The van der Waals surface area contributed by atoms with Gasteiger partial charge in [0, 0.05) is 25.2 Å². The molecule has 0 aromatic rings. The molecule has 4 heterocycles. The van der Waals surface area contributed by atoms with Gasteiger partial charge in [-0.05, 0) is 38.2 Å². The van der Waals surface area contributed by atoms with E-state index in [0.717, 1.165) is 6.42 Å². The van der Waals surface area contributed by atoms with E-state index >= 15 is 0 Å². The molecule has 2 fully saturated rings. The number of carbonyl (C=O) groups is 3. The van der Waals surface area contributed by atoms with Crippen LogP contribution in [-0.2, 0) is 23.9 Å². The van der Waals surface area contributed by atoms with E-state index in [-0.39, 0.29) is 37.0 Å². The van der Waals surface area contributed by atoms with Gasteiger partial charge in [0.05, 0.1) is 12.0 Å². The summed E-state index contributed by atoms with van der Waals surface area (Å²) in [7, 11) is 0. The highest BCUT2D eigenvalue weighted by molar-refractivity contribution is 5.99. The number of hydrogen-bond donors (Lipinski definition) is 1. The zero-order valence-electron chi connectivity index (χ0n) is 20.2. The summed E-state index contributed by atoms with van der Waals surface area (Å²) in [5.74, 6) is -2.59. The first kappa shape index (κ1) is 24.0. The van der Waals surface area contributed by atoms with Crippen LogP contribution in [0.5, 0.6) is 0 Å². The first-order valence-corrected chi connectivity index (χ1v) is 11.8. The molecule has 5 atom stereocenters. The highest BCUT2D eigenvalue weighted by Gasteiger charge is 2.72. The van der Waals surface area contributed by atoms with Gasteiger partial charge in [-0.1, -0.05) is 39.0 Å². The van der Waals surface area contributed by atoms with Crippen molar-refractivity contribution >= 4 is 17.8 Å². The van der Waals surface area contributed by atoms with Crippen LogP contribution in [0.15, 0.2) is 24.3 Å². The summed E-state index contributed by atoms with van der Waals surface area (Å²) in [6, 6.07) is -0.896. The number of ether oxygens (including phenoxy) is 2. The average molecular weight is 461 g/mol. The van der Waals surface area contributed by atoms with Gasteiger partial charge in [-0.3, -0.25) is 14.4 Å². The number of aliphatic hydroxyl groups is 1. The Labute approximate surface area is 195 Å². The summed E-state index contributed by atoms with van der Waals surface area (Å²) >= 11 is 0. The van der Waals surface area contributed by atoms with Crippen LogP contribution in [0.4, 0.5) is 0 Å². The molecule has 4 rings (SSSR count). The zero-order chi connectivity index (χ0) is 24.2. The minimum atomic E-state index is -1.24. The van der Waals surface area contributed by atoms with Gasteiger partial charge in [-0.15, -0.1) is 0 Å². The predicted octanol–water partition coefficient (Wildman–Crippen LogP) is 1.68. The molecule has 0 aliphatic carbocycles. The third-order valence-corrected chi connectivity index (χ3v) is 7.16. The molecule has 0 radical (unpaired) electrons. The number of cyclic esters (lactones) is 1. The topological polar surface area (TPSA) is 96.4 Å². The molecule has 0 aromatic heterocycles. The number of carbonyl (C=O) groups excluding carboxylic acids is 3. The highest BCUT2D eigenvalue weighted by atomic mass is 16.6. The van der Waals surface area contributed by atoms with Crippen LogP contribution in [0.2, 0.25) is 0 Å². The molecular formula is C25H36N2O6. The summed E-state index contributed by atoms with van der Waals surface area (Å²) in [4.78, 5) is 44.1. The molecule has 182 valence electrons. The molecule has 1 unspecified atom stereocenters. The number of aliphatic hydroxyl groups excluding tert-OH is 1. The van der Waals surface area contributed by atoms with Gasteiger partial charge in [0.15, 0.2) is 0 Å². The Morgan fingerprint density at radius 1 is 1.12 bits per heavy atom. The van der Waals surface area contributed by atoms with Crippen LogP contribution in [0.3, 0.4) is 0 Å². The van der Waals surface area contributed by atoms with Gasteiger partial charge in [0.2, 0.25) is 11.8 Å². The summed E-state index contributed by atoms with van der Waals surface area (Å²) < 4.78 is 11.8. The van der Waals surface area contributed by atoms with E-state index in [9.17, 15) is 19.5 Å². The van der Waals surface area contributed by atoms with Crippen molar-refractivity contribution in [1.29, 1.82) is 0 Å². The van der Waals surface area contributed by atoms with E-state index in [1.165, 1.54) is 4.90 Å². The van der Waals surface area contributed by atoms with Crippen molar-refractivity contribution in [2.45, 2.75) is 70.7 Å². The lowest BCUT2D eigenvalue weighted by Crippen LogP contribution is -2.60. The van der Waals surface area contributed by atoms with E-state index in [4.69, 9.17) is 9.47 Å². The van der Waals surface area contributed by atoms with Crippen LogP contribution in [0.25, 0.3) is 0 Å². The molecular weight excluding hydrogens is 424 g/mol. The summed E-state index contributed by atoms with van der Waals surface area (Å²) in [5, 5.41) is 9.45. The zero-order valence-corrected chi connectivity index (χ0v) is 20.2. The molecule has 1 spiro atoms. The molecule has 4 aliphatic rings. The van der Waals surface area contributed by atoms with Gasteiger partial charge in [0.1, 0.15) is 24.2 Å². The van der Waals surface area contributed by atoms with Gasteiger partial charge in [-0.25, -0.2) is 0 Å². The molecule has 2 saturated heterocycles. The summed E-state index contributed by atoms with van der Waals surface area (Å²) in [5.41, 5.74) is -1.71. The fourth-order valence-corrected chi connectivity index (χ4v) is 6.39. The molecule has 8 heteroatoms. The monoisotopic (exact) mass is 460 g/mol. The lowest BCUT2D eigenvalue weighted by Gasteiger charge is -2.44.